The van der Waals surface area contributed by atoms with Crippen LogP contribution in [0.2, 0.25) is 0 Å². The van der Waals surface area contributed by atoms with Crippen molar-refractivity contribution in [1.29, 1.82) is 0 Å². The third-order valence-electron chi connectivity index (χ3n) is 2.63. The number of rotatable bonds is 5. The van der Waals surface area contributed by atoms with Gasteiger partial charge in [0.2, 0.25) is 5.91 Å². The van der Waals surface area contributed by atoms with Crippen LogP contribution in [0.1, 0.15) is 26.3 Å². The summed E-state index contributed by atoms with van der Waals surface area (Å²) in [5.74, 6) is 0.460. The van der Waals surface area contributed by atoms with E-state index in [-0.39, 0.29) is 11.9 Å². The Hall–Kier alpha value is -0.550. The van der Waals surface area contributed by atoms with E-state index in [1.165, 1.54) is 0 Å². The van der Waals surface area contributed by atoms with Crippen LogP contribution in [0.3, 0.4) is 0 Å². The van der Waals surface area contributed by atoms with Gasteiger partial charge in [-0.15, -0.1) is 0 Å². The summed E-state index contributed by atoms with van der Waals surface area (Å²) in [7, 11) is 0. The Bertz CT molecular complexity index is 438. The average molecular weight is 392 g/mol. The molecule has 1 amide bonds. The number of benzene rings is 1. The van der Waals surface area contributed by atoms with Gasteiger partial charge < -0.3 is 10.6 Å². The van der Waals surface area contributed by atoms with Crippen molar-refractivity contribution in [3.05, 3.63) is 26.6 Å². The Morgan fingerprint density at radius 2 is 1.74 bits per heavy atom. The Balaban J connectivity index is 2.71. The molecule has 1 aromatic carbocycles. The fourth-order valence-corrected chi connectivity index (χ4v) is 3.22. The molecule has 0 fully saturated rings. The van der Waals surface area contributed by atoms with Crippen molar-refractivity contribution in [2.75, 3.05) is 11.9 Å². The maximum Gasteiger partial charge on any atom is 0.242 e. The predicted molar refractivity (Wildman–Crippen MR) is 87.5 cm³/mol. The Morgan fingerprint density at radius 3 is 2.21 bits per heavy atom. The first kappa shape index (κ1) is 16.5. The van der Waals surface area contributed by atoms with Gasteiger partial charge in [-0.05, 0) is 69.3 Å². The molecule has 1 rings (SSSR count). The maximum atomic E-state index is 11.9. The molecular formula is C14H20Br2N2O. The summed E-state index contributed by atoms with van der Waals surface area (Å²) < 4.78 is 1.89. The number of hydrogen-bond acceptors (Lipinski definition) is 2. The van der Waals surface area contributed by atoms with Crippen LogP contribution in [0.5, 0.6) is 0 Å². The van der Waals surface area contributed by atoms with Gasteiger partial charge >= 0.3 is 0 Å². The minimum Gasteiger partial charge on any atom is -0.372 e. The zero-order valence-electron chi connectivity index (χ0n) is 11.7. The van der Waals surface area contributed by atoms with E-state index in [9.17, 15) is 4.79 Å². The summed E-state index contributed by atoms with van der Waals surface area (Å²) in [4.78, 5) is 11.9. The molecule has 0 spiro atoms. The molecule has 0 aliphatic heterocycles. The highest BCUT2D eigenvalue weighted by molar-refractivity contribution is 9.11. The van der Waals surface area contributed by atoms with Gasteiger partial charge in [0.1, 0.15) is 6.04 Å². The first-order valence-corrected chi connectivity index (χ1v) is 7.89. The van der Waals surface area contributed by atoms with Gasteiger partial charge in [0.15, 0.2) is 0 Å². The summed E-state index contributed by atoms with van der Waals surface area (Å²) in [5, 5.41) is 6.14. The second-order valence-electron chi connectivity index (χ2n) is 5.11. The highest BCUT2D eigenvalue weighted by Crippen LogP contribution is 2.32. The maximum absolute atomic E-state index is 11.9. The fraction of sp³-hybridized carbons (Fsp3) is 0.500. The van der Waals surface area contributed by atoms with Crippen molar-refractivity contribution in [2.24, 2.45) is 5.92 Å². The molecule has 1 atom stereocenters. The number of halogens is 2. The quantitative estimate of drug-likeness (QED) is 0.793. The summed E-state index contributed by atoms with van der Waals surface area (Å²) in [6.45, 7) is 8.73. The van der Waals surface area contributed by atoms with Crippen molar-refractivity contribution >= 4 is 43.5 Å². The summed E-state index contributed by atoms with van der Waals surface area (Å²) >= 11 is 7.03. The average Bonchev–Trinajstić information content (AvgIpc) is 2.30. The molecule has 2 N–H and O–H groups in total. The second kappa shape index (κ2) is 7.29. The molecule has 0 saturated heterocycles. The van der Waals surface area contributed by atoms with Crippen LogP contribution in [-0.2, 0) is 4.79 Å². The zero-order valence-corrected chi connectivity index (χ0v) is 14.9. The van der Waals surface area contributed by atoms with Crippen molar-refractivity contribution in [3.63, 3.8) is 0 Å². The summed E-state index contributed by atoms with van der Waals surface area (Å²) in [5.41, 5.74) is 2.05. The van der Waals surface area contributed by atoms with E-state index < -0.39 is 0 Å². The largest absolute Gasteiger partial charge is 0.372 e. The number of aryl methyl sites for hydroxylation is 1. The molecule has 3 nitrogen and oxygen atoms in total. The molecule has 0 bridgehead atoms. The number of carbonyl (C=O) groups excluding carboxylic acids is 1. The number of hydrogen-bond donors (Lipinski definition) is 2. The smallest absolute Gasteiger partial charge is 0.242 e. The standard InChI is InChI=1S/C14H20Br2N2O/c1-8(2)7-17-14(19)10(4)18-13-11(15)5-9(3)6-12(13)16/h5-6,8,10,18H,7H2,1-4H3,(H,17,19). The lowest BCUT2D eigenvalue weighted by Crippen LogP contribution is -2.39. The molecule has 0 aliphatic carbocycles. The van der Waals surface area contributed by atoms with Crippen LogP contribution >= 0.6 is 31.9 Å². The van der Waals surface area contributed by atoms with E-state index in [4.69, 9.17) is 0 Å². The second-order valence-corrected chi connectivity index (χ2v) is 6.82. The lowest BCUT2D eigenvalue weighted by molar-refractivity contribution is -0.121. The minimum atomic E-state index is -0.283. The number of nitrogens with one attached hydrogen (secondary N) is 2. The lowest BCUT2D eigenvalue weighted by Gasteiger charge is -2.18. The van der Waals surface area contributed by atoms with Crippen molar-refractivity contribution in [3.8, 4) is 0 Å². The summed E-state index contributed by atoms with van der Waals surface area (Å²) in [6.07, 6.45) is 0. The number of amides is 1. The third kappa shape index (κ3) is 5.15. The highest BCUT2D eigenvalue weighted by Gasteiger charge is 2.15. The Labute approximate surface area is 131 Å². The molecule has 0 saturated carbocycles. The number of carbonyl (C=O) groups is 1. The zero-order chi connectivity index (χ0) is 14.6. The molecule has 0 aliphatic rings. The van der Waals surface area contributed by atoms with E-state index in [2.05, 4.69) is 56.3 Å². The SMILES string of the molecule is Cc1cc(Br)c(NC(C)C(=O)NCC(C)C)c(Br)c1. The van der Waals surface area contributed by atoms with Gasteiger partial charge in [-0.1, -0.05) is 13.8 Å². The van der Waals surface area contributed by atoms with Crippen molar-refractivity contribution < 1.29 is 4.79 Å². The Kier molecular flexibility index (Phi) is 6.33. The van der Waals surface area contributed by atoms with Gasteiger partial charge in [-0.25, -0.2) is 0 Å². The monoisotopic (exact) mass is 390 g/mol. The van der Waals surface area contributed by atoms with Crippen LogP contribution < -0.4 is 10.6 Å². The van der Waals surface area contributed by atoms with E-state index in [1.54, 1.807) is 0 Å². The van der Waals surface area contributed by atoms with Crippen LogP contribution in [0.4, 0.5) is 5.69 Å². The van der Waals surface area contributed by atoms with Crippen LogP contribution in [-0.4, -0.2) is 18.5 Å². The molecule has 0 aromatic heterocycles. The molecule has 0 radical (unpaired) electrons. The molecule has 106 valence electrons. The number of anilines is 1. The fourth-order valence-electron chi connectivity index (χ4n) is 1.58. The predicted octanol–water partition coefficient (Wildman–Crippen LogP) is 4.09. The van der Waals surface area contributed by atoms with E-state index in [0.717, 1.165) is 20.2 Å². The highest BCUT2D eigenvalue weighted by atomic mass is 79.9. The van der Waals surface area contributed by atoms with Gasteiger partial charge in [0.05, 0.1) is 5.69 Å². The molecule has 5 heteroatoms. The van der Waals surface area contributed by atoms with Crippen molar-refractivity contribution in [2.45, 2.75) is 33.7 Å². The lowest BCUT2D eigenvalue weighted by atomic mass is 10.2. The van der Waals surface area contributed by atoms with Crippen LogP contribution in [0.25, 0.3) is 0 Å². The first-order valence-electron chi connectivity index (χ1n) is 6.31. The normalized spacial score (nSPS) is 12.4. The summed E-state index contributed by atoms with van der Waals surface area (Å²) in [6, 6.07) is 3.76. The van der Waals surface area contributed by atoms with Gasteiger partial charge in [-0.3, -0.25) is 4.79 Å². The first-order chi connectivity index (χ1) is 8.81. The molecule has 19 heavy (non-hydrogen) atoms. The Morgan fingerprint density at radius 1 is 1.21 bits per heavy atom. The molecule has 1 aromatic rings. The van der Waals surface area contributed by atoms with E-state index in [0.29, 0.717) is 12.5 Å². The topological polar surface area (TPSA) is 41.1 Å². The van der Waals surface area contributed by atoms with Gasteiger partial charge in [0.25, 0.3) is 0 Å². The molecule has 0 heterocycles. The molecular weight excluding hydrogens is 372 g/mol. The van der Waals surface area contributed by atoms with Gasteiger partial charge in [0, 0.05) is 15.5 Å². The van der Waals surface area contributed by atoms with Crippen molar-refractivity contribution in [1.82, 2.24) is 5.32 Å². The van der Waals surface area contributed by atoms with Crippen LogP contribution in [0.15, 0.2) is 21.1 Å². The van der Waals surface area contributed by atoms with Crippen LogP contribution in [0, 0.1) is 12.8 Å². The van der Waals surface area contributed by atoms with Gasteiger partial charge in [-0.2, -0.15) is 0 Å². The molecule has 1 unspecified atom stereocenters. The van der Waals surface area contributed by atoms with E-state index in [1.807, 2.05) is 26.0 Å². The van der Waals surface area contributed by atoms with E-state index >= 15 is 0 Å². The minimum absolute atomic E-state index is 0.00748. The third-order valence-corrected chi connectivity index (χ3v) is 3.88.